The summed E-state index contributed by atoms with van der Waals surface area (Å²) < 4.78 is 27.1. The molecule has 0 aromatic carbocycles. The van der Waals surface area contributed by atoms with Crippen LogP contribution in [0.15, 0.2) is 0 Å². The van der Waals surface area contributed by atoms with Gasteiger partial charge in [-0.15, -0.1) is 11.6 Å². The molecule has 0 spiro atoms. The lowest BCUT2D eigenvalue weighted by Gasteiger charge is -2.37. The quantitative estimate of drug-likeness (QED) is 0.689. The molecule has 2 atom stereocenters. The summed E-state index contributed by atoms with van der Waals surface area (Å²) in [6.45, 7) is 0. The number of alkyl halides is 1. The Morgan fingerprint density at radius 1 is 1.20 bits per heavy atom. The first-order valence-corrected chi connectivity index (χ1v) is 7.11. The lowest BCUT2D eigenvalue weighted by molar-refractivity contribution is 0.238. The van der Waals surface area contributed by atoms with Crippen molar-refractivity contribution in [2.24, 2.45) is 0 Å². The van der Waals surface area contributed by atoms with Crippen molar-refractivity contribution in [3.8, 4) is 0 Å². The van der Waals surface area contributed by atoms with E-state index >= 15 is 0 Å². The normalized spacial score (nSPS) is 37.5. The minimum absolute atomic E-state index is 0.124. The van der Waals surface area contributed by atoms with E-state index in [1.165, 1.54) is 4.31 Å². The summed E-state index contributed by atoms with van der Waals surface area (Å²) in [7, 11) is -0.0815. The molecular formula is C9H17ClN2O2S. The summed E-state index contributed by atoms with van der Waals surface area (Å²) in [5.74, 6) is 0. The standard InChI is InChI=1S/C9H17ClN2O2S/c1-11(2)15(13,14)12-8-3-4-9(12)6-7(10)5-8/h7-9H,3-6H2,1-2H3. The Balaban J connectivity index is 2.26. The Morgan fingerprint density at radius 2 is 1.67 bits per heavy atom. The molecule has 0 amide bonds. The van der Waals surface area contributed by atoms with E-state index in [0.717, 1.165) is 25.7 Å². The van der Waals surface area contributed by atoms with Gasteiger partial charge < -0.3 is 0 Å². The highest BCUT2D eigenvalue weighted by Crippen LogP contribution is 2.39. The van der Waals surface area contributed by atoms with Crippen molar-refractivity contribution in [1.29, 1.82) is 0 Å². The van der Waals surface area contributed by atoms with Gasteiger partial charge in [-0.3, -0.25) is 0 Å². The van der Waals surface area contributed by atoms with Crippen LogP contribution in [0.1, 0.15) is 25.7 Å². The number of hydrogen-bond donors (Lipinski definition) is 0. The molecule has 2 heterocycles. The van der Waals surface area contributed by atoms with Crippen LogP contribution < -0.4 is 0 Å². The van der Waals surface area contributed by atoms with Crippen LogP contribution in [-0.2, 0) is 10.2 Å². The van der Waals surface area contributed by atoms with Gasteiger partial charge in [-0.25, -0.2) is 0 Å². The first kappa shape index (κ1) is 11.6. The Hall–Kier alpha value is 0.160. The molecule has 0 aliphatic carbocycles. The molecule has 15 heavy (non-hydrogen) atoms. The maximum absolute atomic E-state index is 12.1. The van der Waals surface area contributed by atoms with Gasteiger partial charge >= 0.3 is 0 Å². The van der Waals surface area contributed by atoms with Crippen molar-refractivity contribution >= 4 is 21.8 Å². The van der Waals surface area contributed by atoms with Crippen LogP contribution in [0.25, 0.3) is 0 Å². The van der Waals surface area contributed by atoms with Crippen LogP contribution in [0.2, 0.25) is 0 Å². The summed E-state index contributed by atoms with van der Waals surface area (Å²) in [6, 6.07) is 0.247. The molecule has 2 saturated heterocycles. The fourth-order valence-electron chi connectivity index (χ4n) is 2.63. The van der Waals surface area contributed by atoms with Crippen molar-refractivity contribution < 1.29 is 8.42 Å². The molecular weight excluding hydrogens is 236 g/mol. The van der Waals surface area contributed by atoms with Crippen LogP contribution in [0.3, 0.4) is 0 Å². The summed E-state index contributed by atoms with van der Waals surface area (Å²) >= 11 is 6.11. The van der Waals surface area contributed by atoms with Gasteiger partial charge in [0.1, 0.15) is 0 Å². The maximum Gasteiger partial charge on any atom is 0.281 e. The predicted octanol–water partition coefficient (Wildman–Crippen LogP) is 1.03. The number of fused-ring (bicyclic) bond motifs is 2. The van der Waals surface area contributed by atoms with Gasteiger partial charge in [0.2, 0.25) is 0 Å². The topological polar surface area (TPSA) is 40.6 Å². The molecule has 2 aliphatic heterocycles. The van der Waals surface area contributed by atoms with Crippen molar-refractivity contribution in [3.63, 3.8) is 0 Å². The summed E-state index contributed by atoms with van der Waals surface area (Å²) in [5, 5.41) is 0.149. The van der Waals surface area contributed by atoms with E-state index < -0.39 is 10.2 Å². The molecule has 0 radical (unpaired) electrons. The van der Waals surface area contributed by atoms with Crippen molar-refractivity contribution in [1.82, 2.24) is 8.61 Å². The number of halogens is 1. The summed E-state index contributed by atoms with van der Waals surface area (Å²) in [5.41, 5.74) is 0. The largest absolute Gasteiger partial charge is 0.281 e. The molecule has 0 saturated carbocycles. The maximum atomic E-state index is 12.1. The van der Waals surface area contributed by atoms with Crippen LogP contribution in [0, 0.1) is 0 Å². The van der Waals surface area contributed by atoms with Crippen LogP contribution in [0.4, 0.5) is 0 Å². The molecule has 0 N–H and O–H groups in total. The zero-order valence-electron chi connectivity index (χ0n) is 9.06. The van der Waals surface area contributed by atoms with E-state index in [2.05, 4.69) is 0 Å². The zero-order chi connectivity index (χ0) is 11.2. The second kappa shape index (κ2) is 3.87. The summed E-state index contributed by atoms with van der Waals surface area (Å²) in [6.07, 6.45) is 3.51. The highest BCUT2D eigenvalue weighted by atomic mass is 35.5. The van der Waals surface area contributed by atoms with E-state index in [4.69, 9.17) is 11.6 Å². The Labute approximate surface area is 96.4 Å². The first-order valence-electron chi connectivity index (χ1n) is 5.28. The van der Waals surface area contributed by atoms with Gasteiger partial charge in [-0.2, -0.15) is 17.0 Å². The van der Waals surface area contributed by atoms with Crippen LogP contribution in [-0.4, -0.2) is 48.6 Å². The molecule has 4 nitrogen and oxygen atoms in total. The smallest absolute Gasteiger partial charge is 0.195 e. The second-order valence-electron chi connectivity index (χ2n) is 4.57. The third kappa shape index (κ3) is 1.90. The Morgan fingerprint density at radius 3 is 2.07 bits per heavy atom. The fraction of sp³-hybridized carbons (Fsp3) is 1.00. The minimum Gasteiger partial charge on any atom is -0.195 e. The van der Waals surface area contributed by atoms with Gasteiger partial charge in [0.15, 0.2) is 0 Å². The zero-order valence-corrected chi connectivity index (χ0v) is 10.6. The average molecular weight is 253 g/mol. The third-order valence-corrected chi connectivity index (χ3v) is 5.74. The molecule has 0 aromatic heterocycles. The van der Waals surface area contributed by atoms with Crippen LogP contribution in [0.5, 0.6) is 0 Å². The van der Waals surface area contributed by atoms with Gasteiger partial charge in [-0.1, -0.05) is 0 Å². The van der Waals surface area contributed by atoms with E-state index in [1.807, 2.05) is 0 Å². The van der Waals surface area contributed by atoms with Gasteiger partial charge in [0, 0.05) is 31.6 Å². The lowest BCUT2D eigenvalue weighted by Crippen LogP contribution is -2.50. The fourth-order valence-corrected chi connectivity index (χ4v) is 4.56. The molecule has 2 bridgehead atoms. The Kier molecular flexibility index (Phi) is 3.01. The molecule has 88 valence electrons. The van der Waals surface area contributed by atoms with E-state index in [1.54, 1.807) is 18.4 Å². The molecule has 2 fully saturated rings. The molecule has 2 unspecified atom stereocenters. The van der Waals surface area contributed by atoms with Gasteiger partial charge in [-0.05, 0) is 25.7 Å². The Bertz CT molecular complexity index is 330. The number of nitrogens with zero attached hydrogens (tertiary/aromatic N) is 2. The van der Waals surface area contributed by atoms with Crippen molar-refractivity contribution in [2.75, 3.05) is 14.1 Å². The minimum atomic E-state index is -3.25. The molecule has 2 aliphatic rings. The number of hydrogen-bond acceptors (Lipinski definition) is 2. The van der Waals surface area contributed by atoms with E-state index in [9.17, 15) is 8.42 Å². The average Bonchev–Trinajstić information content (AvgIpc) is 2.39. The monoisotopic (exact) mass is 252 g/mol. The molecule has 0 aromatic rings. The van der Waals surface area contributed by atoms with E-state index in [0.29, 0.717) is 0 Å². The van der Waals surface area contributed by atoms with Gasteiger partial charge in [0.25, 0.3) is 10.2 Å². The molecule has 6 heteroatoms. The molecule has 2 rings (SSSR count). The van der Waals surface area contributed by atoms with E-state index in [-0.39, 0.29) is 17.5 Å². The number of rotatable bonds is 2. The second-order valence-corrected chi connectivity index (χ2v) is 7.24. The van der Waals surface area contributed by atoms with Crippen molar-refractivity contribution in [3.05, 3.63) is 0 Å². The summed E-state index contributed by atoms with van der Waals surface area (Å²) in [4.78, 5) is 0. The first-order chi connectivity index (χ1) is 6.93. The van der Waals surface area contributed by atoms with Crippen LogP contribution >= 0.6 is 11.6 Å². The lowest BCUT2D eigenvalue weighted by atomic mass is 10.1. The predicted molar refractivity (Wildman–Crippen MR) is 60.1 cm³/mol. The van der Waals surface area contributed by atoms with Gasteiger partial charge in [0.05, 0.1) is 0 Å². The third-order valence-electron chi connectivity index (χ3n) is 3.34. The van der Waals surface area contributed by atoms with Crippen molar-refractivity contribution in [2.45, 2.75) is 43.1 Å². The number of piperidine rings is 1. The SMILES string of the molecule is CN(C)S(=O)(=O)N1C2CCC1CC(Cl)C2. The highest BCUT2D eigenvalue weighted by Gasteiger charge is 2.46. The highest BCUT2D eigenvalue weighted by molar-refractivity contribution is 7.86.